The Kier molecular flexibility index (Phi) is 5.17. The molecule has 1 aromatic heterocycles. The molecule has 0 aliphatic carbocycles. The Bertz CT molecular complexity index is 633. The minimum Gasteiger partial charge on any atom is -0.377 e. The lowest BCUT2D eigenvalue weighted by Crippen LogP contribution is -2.20. The van der Waals surface area contributed by atoms with Crippen molar-refractivity contribution in [2.75, 3.05) is 25.1 Å². The molecule has 1 saturated heterocycles. The Morgan fingerprint density at radius 1 is 1.35 bits per heavy atom. The molecule has 1 fully saturated rings. The van der Waals surface area contributed by atoms with Gasteiger partial charge in [0.05, 0.1) is 0 Å². The van der Waals surface area contributed by atoms with E-state index in [9.17, 15) is 8.78 Å². The van der Waals surface area contributed by atoms with Crippen molar-refractivity contribution < 1.29 is 13.5 Å². The molecule has 7 heteroatoms. The molecule has 3 rings (SSSR count). The van der Waals surface area contributed by atoms with Crippen LogP contribution >= 0.6 is 11.5 Å². The van der Waals surface area contributed by atoms with Gasteiger partial charge in [-0.05, 0) is 24.3 Å². The predicted octanol–water partition coefficient (Wildman–Crippen LogP) is 3.69. The highest BCUT2D eigenvalue weighted by molar-refractivity contribution is 7.09. The Balaban J connectivity index is 1.56. The van der Waals surface area contributed by atoms with Gasteiger partial charge < -0.3 is 9.64 Å². The van der Waals surface area contributed by atoms with Crippen LogP contribution in [0.5, 0.6) is 0 Å². The lowest BCUT2D eigenvalue weighted by atomic mass is 9.98. The van der Waals surface area contributed by atoms with Crippen molar-refractivity contribution in [2.45, 2.75) is 25.9 Å². The standard InChI is InChI=1S/C16H19F2N3OS/c1-22-10-14-19-16(23-20-14)21-7-6-12(9-21)8-11-2-4-13(5-3-11)15(17)18/h2-5,12,15H,6-10H2,1H3. The molecule has 1 atom stereocenters. The van der Waals surface area contributed by atoms with Crippen molar-refractivity contribution in [3.8, 4) is 0 Å². The van der Waals surface area contributed by atoms with Gasteiger partial charge in [-0.25, -0.2) is 13.8 Å². The Morgan fingerprint density at radius 2 is 2.13 bits per heavy atom. The van der Waals surface area contributed by atoms with Gasteiger partial charge in [-0.15, -0.1) is 0 Å². The summed E-state index contributed by atoms with van der Waals surface area (Å²) in [6.45, 7) is 2.32. The largest absolute Gasteiger partial charge is 0.377 e. The third-order valence-electron chi connectivity index (χ3n) is 4.04. The third kappa shape index (κ3) is 4.03. The van der Waals surface area contributed by atoms with Crippen LogP contribution in [0.25, 0.3) is 0 Å². The van der Waals surface area contributed by atoms with E-state index in [1.54, 1.807) is 7.11 Å². The summed E-state index contributed by atoms with van der Waals surface area (Å²) in [6, 6.07) is 6.67. The van der Waals surface area contributed by atoms with Crippen molar-refractivity contribution in [3.05, 3.63) is 41.2 Å². The number of halogens is 2. The number of rotatable bonds is 6. The summed E-state index contributed by atoms with van der Waals surface area (Å²) in [6.07, 6.45) is -0.413. The van der Waals surface area contributed by atoms with E-state index >= 15 is 0 Å². The van der Waals surface area contributed by atoms with Crippen LogP contribution in [0, 0.1) is 5.92 Å². The molecule has 1 aliphatic heterocycles. The number of benzene rings is 1. The maximum Gasteiger partial charge on any atom is 0.263 e. The molecule has 0 saturated carbocycles. The maximum absolute atomic E-state index is 12.6. The molecule has 1 unspecified atom stereocenters. The molecule has 2 aromatic rings. The minimum atomic E-state index is -2.40. The third-order valence-corrected chi connectivity index (χ3v) is 4.86. The first-order valence-electron chi connectivity index (χ1n) is 7.59. The van der Waals surface area contributed by atoms with Crippen LogP contribution in [0.15, 0.2) is 24.3 Å². The molecule has 0 spiro atoms. The van der Waals surface area contributed by atoms with E-state index in [0.29, 0.717) is 12.5 Å². The Hall–Kier alpha value is -1.60. The van der Waals surface area contributed by atoms with Crippen molar-refractivity contribution >= 4 is 16.7 Å². The normalized spacial score (nSPS) is 18.1. The van der Waals surface area contributed by atoms with Crippen molar-refractivity contribution in [1.29, 1.82) is 0 Å². The van der Waals surface area contributed by atoms with E-state index in [1.807, 2.05) is 12.1 Å². The van der Waals surface area contributed by atoms with Crippen LogP contribution in [-0.4, -0.2) is 29.6 Å². The molecule has 0 N–H and O–H groups in total. The molecule has 4 nitrogen and oxygen atoms in total. The first-order chi connectivity index (χ1) is 11.2. The second-order valence-electron chi connectivity index (χ2n) is 5.77. The summed E-state index contributed by atoms with van der Waals surface area (Å²) < 4.78 is 34.5. The summed E-state index contributed by atoms with van der Waals surface area (Å²) in [5.41, 5.74) is 1.19. The lowest BCUT2D eigenvalue weighted by molar-refractivity contribution is 0.151. The molecule has 0 amide bonds. The Labute approximate surface area is 138 Å². The zero-order valence-corrected chi connectivity index (χ0v) is 13.7. The van der Waals surface area contributed by atoms with E-state index in [0.717, 1.165) is 42.5 Å². The summed E-state index contributed by atoms with van der Waals surface area (Å²) in [5, 5.41) is 0.938. The van der Waals surface area contributed by atoms with Crippen LogP contribution in [-0.2, 0) is 17.8 Å². The van der Waals surface area contributed by atoms with Gasteiger partial charge in [0.2, 0.25) is 5.13 Å². The first-order valence-corrected chi connectivity index (χ1v) is 8.36. The number of aromatic nitrogens is 2. The van der Waals surface area contributed by atoms with Crippen LogP contribution < -0.4 is 4.90 Å². The van der Waals surface area contributed by atoms with Gasteiger partial charge in [0.15, 0.2) is 5.82 Å². The van der Waals surface area contributed by atoms with E-state index in [1.165, 1.54) is 23.7 Å². The van der Waals surface area contributed by atoms with E-state index in [4.69, 9.17) is 4.74 Å². The van der Waals surface area contributed by atoms with E-state index in [-0.39, 0.29) is 5.56 Å². The number of hydrogen-bond acceptors (Lipinski definition) is 5. The van der Waals surface area contributed by atoms with Gasteiger partial charge in [-0.1, -0.05) is 24.3 Å². The van der Waals surface area contributed by atoms with Crippen molar-refractivity contribution in [3.63, 3.8) is 0 Å². The van der Waals surface area contributed by atoms with Crippen LogP contribution in [0.3, 0.4) is 0 Å². The highest BCUT2D eigenvalue weighted by Crippen LogP contribution is 2.28. The number of nitrogens with zero attached hydrogens (tertiary/aromatic N) is 3. The molecule has 0 radical (unpaired) electrons. The Morgan fingerprint density at radius 3 is 2.83 bits per heavy atom. The van der Waals surface area contributed by atoms with Gasteiger partial charge in [-0.3, -0.25) is 0 Å². The van der Waals surface area contributed by atoms with Gasteiger partial charge in [0, 0.05) is 37.3 Å². The van der Waals surface area contributed by atoms with Gasteiger partial charge in [-0.2, -0.15) is 4.37 Å². The SMILES string of the molecule is COCc1nsc(N2CCC(Cc3ccc(C(F)F)cc3)C2)n1. The van der Waals surface area contributed by atoms with Crippen molar-refractivity contribution in [2.24, 2.45) is 5.92 Å². The summed E-state index contributed by atoms with van der Waals surface area (Å²) in [7, 11) is 1.63. The van der Waals surface area contributed by atoms with E-state index < -0.39 is 6.43 Å². The zero-order valence-electron chi connectivity index (χ0n) is 12.9. The summed E-state index contributed by atoms with van der Waals surface area (Å²) in [4.78, 5) is 6.72. The second-order valence-corrected chi connectivity index (χ2v) is 6.50. The zero-order chi connectivity index (χ0) is 16.2. The highest BCUT2D eigenvalue weighted by Gasteiger charge is 2.25. The molecule has 2 heterocycles. The first kappa shape index (κ1) is 16.3. The fourth-order valence-electron chi connectivity index (χ4n) is 2.87. The smallest absolute Gasteiger partial charge is 0.263 e. The van der Waals surface area contributed by atoms with Gasteiger partial charge >= 0.3 is 0 Å². The van der Waals surface area contributed by atoms with Crippen molar-refractivity contribution in [1.82, 2.24) is 9.36 Å². The summed E-state index contributed by atoms with van der Waals surface area (Å²) >= 11 is 1.40. The topological polar surface area (TPSA) is 38.2 Å². The van der Waals surface area contributed by atoms with Crippen LogP contribution in [0.2, 0.25) is 0 Å². The monoisotopic (exact) mass is 339 g/mol. The van der Waals surface area contributed by atoms with Gasteiger partial charge in [0.1, 0.15) is 6.61 Å². The van der Waals surface area contributed by atoms with Crippen LogP contribution in [0.1, 0.15) is 29.8 Å². The number of hydrogen-bond donors (Lipinski definition) is 0. The minimum absolute atomic E-state index is 0.0846. The average molecular weight is 339 g/mol. The molecular weight excluding hydrogens is 320 g/mol. The fourth-order valence-corrected chi connectivity index (χ4v) is 3.57. The summed E-state index contributed by atoms with van der Waals surface area (Å²) in [5.74, 6) is 1.24. The molecule has 124 valence electrons. The second kappa shape index (κ2) is 7.31. The number of anilines is 1. The molecule has 0 bridgehead atoms. The van der Waals surface area contributed by atoms with Crippen LogP contribution in [0.4, 0.5) is 13.9 Å². The number of alkyl halides is 2. The van der Waals surface area contributed by atoms with Gasteiger partial charge in [0.25, 0.3) is 6.43 Å². The lowest BCUT2D eigenvalue weighted by Gasteiger charge is -2.14. The van der Waals surface area contributed by atoms with E-state index in [2.05, 4.69) is 14.3 Å². The highest BCUT2D eigenvalue weighted by atomic mass is 32.1. The maximum atomic E-state index is 12.6. The molecule has 1 aromatic carbocycles. The molecule has 1 aliphatic rings. The average Bonchev–Trinajstić information content (AvgIpc) is 3.17. The predicted molar refractivity (Wildman–Crippen MR) is 86.0 cm³/mol. The molecular formula is C16H19F2N3OS. The number of ether oxygens (including phenoxy) is 1. The quantitative estimate of drug-likeness (QED) is 0.804. The molecule has 23 heavy (non-hydrogen) atoms. The fraction of sp³-hybridized carbons (Fsp3) is 0.500. The number of methoxy groups -OCH3 is 1.